The number of Topliss-reactive ketones (excluding diaryl/α,β-unsaturated/α-hetero) is 1. The number of aliphatic hydroxyl groups is 1. The summed E-state index contributed by atoms with van der Waals surface area (Å²) in [5.41, 5.74) is 0.335. The number of carbonyl (C=O) groups excluding carboxylic acids is 1. The lowest BCUT2D eigenvalue weighted by Crippen LogP contribution is -2.39. The van der Waals surface area contributed by atoms with E-state index in [0.29, 0.717) is 29.5 Å². The van der Waals surface area contributed by atoms with Gasteiger partial charge in [0.15, 0.2) is 0 Å². The minimum atomic E-state index is -0.297. The summed E-state index contributed by atoms with van der Waals surface area (Å²) in [6, 6.07) is 0. The highest BCUT2D eigenvalue weighted by Crippen LogP contribution is 2.58. The van der Waals surface area contributed by atoms with Gasteiger partial charge >= 0.3 is 0 Å². The van der Waals surface area contributed by atoms with E-state index in [4.69, 9.17) is 0 Å². The predicted octanol–water partition coefficient (Wildman–Crippen LogP) is 6.32. The van der Waals surface area contributed by atoms with E-state index in [1.165, 1.54) is 51.4 Å². The molecule has 2 heteroatoms. The van der Waals surface area contributed by atoms with Crippen molar-refractivity contribution in [1.29, 1.82) is 0 Å². The zero-order chi connectivity index (χ0) is 19.7. The maximum Gasteiger partial charge on any atom is 0.136 e. The molecule has 3 rings (SSSR count). The van der Waals surface area contributed by atoms with Crippen LogP contribution >= 0.6 is 0 Å². The van der Waals surface area contributed by atoms with E-state index in [1.807, 2.05) is 0 Å². The number of unbranched alkanes of at least 4 members (excludes halogenated alkanes) is 2. The average Bonchev–Trinajstić information content (AvgIpc) is 3.37. The van der Waals surface area contributed by atoms with E-state index in [9.17, 15) is 9.90 Å². The first-order valence-corrected chi connectivity index (χ1v) is 11.7. The standard InChI is InChI=1S/C25H42O2/c1-5-6-7-9-19(3)25(16-17-25)23(27)14-11-18(2)20-12-13-21-22(26)10-8-15-24(20,21)4/h11,14,18-21,23,27H,5-10,12-13,15-17H2,1-4H3/b14-11+/t18?,19?,20-,21+,23-,24-/m1/s1. The quantitative estimate of drug-likeness (QED) is 0.378. The summed E-state index contributed by atoms with van der Waals surface area (Å²) >= 11 is 0. The van der Waals surface area contributed by atoms with E-state index in [2.05, 4.69) is 39.8 Å². The Balaban J connectivity index is 1.59. The van der Waals surface area contributed by atoms with Crippen LogP contribution in [0.5, 0.6) is 0 Å². The molecule has 27 heavy (non-hydrogen) atoms. The van der Waals surface area contributed by atoms with Crippen LogP contribution in [0.1, 0.15) is 98.3 Å². The van der Waals surface area contributed by atoms with Gasteiger partial charge in [-0.05, 0) is 61.7 Å². The first-order valence-electron chi connectivity index (χ1n) is 11.7. The Hall–Kier alpha value is -0.630. The summed E-state index contributed by atoms with van der Waals surface area (Å²) in [6.45, 7) is 9.28. The van der Waals surface area contributed by atoms with Gasteiger partial charge in [-0.3, -0.25) is 4.79 Å². The van der Waals surface area contributed by atoms with Crippen molar-refractivity contribution < 1.29 is 9.90 Å². The molecule has 3 saturated carbocycles. The van der Waals surface area contributed by atoms with Crippen molar-refractivity contribution in [2.45, 2.75) is 104 Å². The molecular weight excluding hydrogens is 332 g/mol. The van der Waals surface area contributed by atoms with E-state index in [1.54, 1.807) is 0 Å². The van der Waals surface area contributed by atoms with Crippen LogP contribution in [0.15, 0.2) is 12.2 Å². The van der Waals surface area contributed by atoms with Crippen molar-refractivity contribution in [3.63, 3.8) is 0 Å². The number of rotatable bonds is 9. The van der Waals surface area contributed by atoms with E-state index < -0.39 is 0 Å². The molecular formula is C25H42O2. The van der Waals surface area contributed by atoms with Crippen LogP contribution in [0.3, 0.4) is 0 Å². The minimum absolute atomic E-state index is 0.146. The number of hydrogen-bond donors (Lipinski definition) is 1. The molecule has 1 N–H and O–H groups in total. The molecule has 0 aromatic heterocycles. The SMILES string of the molecule is CCCCCC(C)C1([C@H](O)/C=C/C(C)[C@H]2CC[C@H]3C(=O)CCC[C@]23C)CC1. The summed E-state index contributed by atoms with van der Waals surface area (Å²) < 4.78 is 0. The third-order valence-corrected chi connectivity index (χ3v) is 8.81. The number of hydrogen-bond acceptors (Lipinski definition) is 2. The van der Waals surface area contributed by atoms with Gasteiger partial charge in [0.25, 0.3) is 0 Å². The molecule has 2 unspecified atom stereocenters. The summed E-state index contributed by atoms with van der Waals surface area (Å²) in [5.74, 6) is 2.47. The normalized spacial score (nSPS) is 35.8. The van der Waals surface area contributed by atoms with E-state index in [0.717, 1.165) is 19.3 Å². The van der Waals surface area contributed by atoms with Crippen LogP contribution < -0.4 is 0 Å². The first kappa shape index (κ1) is 21.1. The van der Waals surface area contributed by atoms with Gasteiger partial charge in [0.1, 0.15) is 5.78 Å². The zero-order valence-electron chi connectivity index (χ0n) is 18.2. The smallest absolute Gasteiger partial charge is 0.136 e. The highest BCUT2D eigenvalue weighted by Gasteiger charge is 2.53. The van der Waals surface area contributed by atoms with Gasteiger partial charge in [-0.1, -0.05) is 65.5 Å². The van der Waals surface area contributed by atoms with Crippen molar-refractivity contribution in [1.82, 2.24) is 0 Å². The van der Waals surface area contributed by atoms with Crippen molar-refractivity contribution in [2.75, 3.05) is 0 Å². The Kier molecular flexibility index (Phi) is 6.56. The molecule has 154 valence electrons. The van der Waals surface area contributed by atoms with Crippen LogP contribution in [0.2, 0.25) is 0 Å². The van der Waals surface area contributed by atoms with E-state index in [-0.39, 0.29) is 16.9 Å². The fraction of sp³-hybridized carbons (Fsp3) is 0.880. The molecule has 0 radical (unpaired) electrons. The number of ketones is 1. The molecule has 0 aromatic rings. The van der Waals surface area contributed by atoms with Crippen LogP contribution in [0, 0.1) is 34.5 Å². The lowest BCUT2D eigenvalue weighted by Gasteiger charge is -2.41. The molecule has 0 spiro atoms. The Morgan fingerprint density at radius 1 is 1.15 bits per heavy atom. The molecule has 2 nitrogen and oxygen atoms in total. The van der Waals surface area contributed by atoms with Gasteiger partial charge in [0, 0.05) is 17.8 Å². The predicted molar refractivity (Wildman–Crippen MR) is 112 cm³/mol. The minimum Gasteiger partial charge on any atom is -0.388 e. The number of fused-ring (bicyclic) bond motifs is 1. The molecule has 6 atom stereocenters. The Morgan fingerprint density at radius 2 is 1.89 bits per heavy atom. The fourth-order valence-corrected chi connectivity index (χ4v) is 6.65. The maximum atomic E-state index is 12.4. The van der Waals surface area contributed by atoms with Crippen LogP contribution in [-0.2, 0) is 4.79 Å². The highest BCUT2D eigenvalue weighted by atomic mass is 16.3. The molecule has 3 aliphatic rings. The van der Waals surface area contributed by atoms with Crippen LogP contribution in [0.4, 0.5) is 0 Å². The van der Waals surface area contributed by atoms with Crippen LogP contribution in [-0.4, -0.2) is 17.0 Å². The molecule has 0 bridgehead atoms. The first-order chi connectivity index (χ1) is 12.8. The molecule has 0 aliphatic heterocycles. The number of carbonyl (C=O) groups is 1. The number of allylic oxidation sites excluding steroid dienone is 1. The van der Waals surface area contributed by atoms with Crippen molar-refractivity contribution in [3.05, 3.63) is 12.2 Å². The van der Waals surface area contributed by atoms with Gasteiger partial charge in [-0.15, -0.1) is 0 Å². The van der Waals surface area contributed by atoms with Crippen LogP contribution in [0.25, 0.3) is 0 Å². The van der Waals surface area contributed by atoms with Crippen molar-refractivity contribution >= 4 is 5.78 Å². The summed E-state index contributed by atoms with van der Waals surface area (Å²) in [6.07, 6.45) is 16.9. The second kappa shape index (κ2) is 8.39. The molecule has 0 saturated heterocycles. The van der Waals surface area contributed by atoms with Gasteiger partial charge < -0.3 is 5.11 Å². The lowest BCUT2D eigenvalue weighted by molar-refractivity contribution is -0.129. The zero-order valence-corrected chi connectivity index (χ0v) is 18.2. The summed E-state index contributed by atoms with van der Waals surface area (Å²) in [7, 11) is 0. The molecule has 3 aliphatic carbocycles. The third-order valence-electron chi connectivity index (χ3n) is 8.81. The maximum absolute atomic E-state index is 12.4. The van der Waals surface area contributed by atoms with Crippen molar-refractivity contribution in [3.8, 4) is 0 Å². The molecule has 0 aromatic carbocycles. The molecule has 0 heterocycles. The highest BCUT2D eigenvalue weighted by molar-refractivity contribution is 5.83. The summed E-state index contributed by atoms with van der Waals surface area (Å²) in [4.78, 5) is 12.4. The molecule has 3 fully saturated rings. The van der Waals surface area contributed by atoms with Crippen molar-refractivity contribution in [2.24, 2.45) is 34.5 Å². The van der Waals surface area contributed by atoms with E-state index >= 15 is 0 Å². The summed E-state index contributed by atoms with van der Waals surface area (Å²) in [5, 5.41) is 11.0. The largest absolute Gasteiger partial charge is 0.388 e. The number of aliphatic hydroxyl groups excluding tert-OH is 1. The second-order valence-electron chi connectivity index (χ2n) is 10.4. The average molecular weight is 375 g/mol. The Labute approximate surface area is 167 Å². The lowest BCUT2D eigenvalue weighted by atomic mass is 9.62. The van der Waals surface area contributed by atoms with Gasteiger partial charge in [-0.25, -0.2) is 0 Å². The van der Waals surface area contributed by atoms with Gasteiger partial charge in [0.05, 0.1) is 6.10 Å². The Morgan fingerprint density at radius 3 is 2.56 bits per heavy atom. The Bertz CT molecular complexity index is 547. The van der Waals surface area contributed by atoms with Gasteiger partial charge in [0.2, 0.25) is 0 Å². The second-order valence-corrected chi connectivity index (χ2v) is 10.4. The fourth-order valence-electron chi connectivity index (χ4n) is 6.65. The monoisotopic (exact) mass is 374 g/mol. The molecule has 0 amide bonds. The third kappa shape index (κ3) is 4.07. The van der Waals surface area contributed by atoms with Gasteiger partial charge in [-0.2, -0.15) is 0 Å². The topological polar surface area (TPSA) is 37.3 Å².